The molecule has 2 aromatic carbocycles. The maximum Gasteiger partial charge on any atom is 0.242 e. The van der Waals surface area contributed by atoms with Gasteiger partial charge in [-0.1, -0.05) is 95.6 Å². The normalized spacial score (nSPS) is 16.1. The summed E-state index contributed by atoms with van der Waals surface area (Å²) in [6, 6.07) is 20.8. The van der Waals surface area contributed by atoms with E-state index in [-0.39, 0.29) is 35.7 Å². The predicted molar refractivity (Wildman–Crippen MR) is 158 cm³/mol. The van der Waals surface area contributed by atoms with Crippen LogP contribution in [0.4, 0.5) is 0 Å². The third kappa shape index (κ3) is 6.20. The first-order valence-electron chi connectivity index (χ1n) is 14.0. The number of benzene rings is 2. The van der Waals surface area contributed by atoms with E-state index in [1.807, 2.05) is 40.1 Å². The molecule has 38 heavy (non-hydrogen) atoms. The Hall–Kier alpha value is -2.92. The molecular weight excluding hydrogens is 488 g/mol. The molecule has 0 fully saturated rings. The summed E-state index contributed by atoms with van der Waals surface area (Å²) in [5.41, 5.74) is 4.73. The zero-order valence-electron chi connectivity index (χ0n) is 23.6. The molecule has 0 N–H and O–H groups in total. The standard InChI is InChI=1S/C33H42N2O2S/c1-6-8-20-34(32(37)27(7-2)24-12-10-9-11-13-24)23-30(36)35-21-18-29-28(19-22-38-29)31(35)25-14-16-26(17-15-25)33(3,4)5/h9-17,19,22,27,31H,6-8,18,20-21,23H2,1-5H3. The Bertz CT molecular complexity index is 1210. The lowest BCUT2D eigenvalue weighted by Gasteiger charge is -2.38. The van der Waals surface area contributed by atoms with Gasteiger partial charge in [-0.15, -0.1) is 11.3 Å². The van der Waals surface area contributed by atoms with Crippen molar-refractivity contribution in [3.8, 4) is 0 Å². The van der Waals surface area contributed by atoms with Crippen molar-refractivity contribution in [1.82, 2.24) is 9.80 Å². The first kappa shape index (κ1) is 28.1. The predicted octanol–water partition coefficient (Wildman–Crippen LogP) is 7.34. The monoisotopic (exact) mass is 530 g/mol. The van der Waals surface area contributed by atoms with E-state index in [1.54, 1.807) is 11.3 Å². The SMILES string of the molecule is CCCCN(CC(=O)N1CCc2sccc2C1c1ccc(C(C)(C)C)cc1)C(=O)C(CC)c1ccccc1. The van der Waals surface area contributed by atoms with Crippen molar-refractivity contribution < 1.29 is 9.59 Å². The highest BCUT2D eigenvalue weighted by Crippen LogP contribution is 2.38. The second kappa shape index (κ2) is 12.3. The zero-order valence-corrected chi connectivity index (χ0v) is 24.4. The molecule has 0 radical (unpaired) electrons. The van der Waals surface area contributed by atoms with Gasteiger partial charge in [0.15, 0.2) is 0 Å². The van der Waals surface area contributed by atoms with Gasteiger partial charge in [0.2, 0.25) is 11.8 Å². The summed E-state index contributed by atoms with van der Waals surface area (Å²) in [4.78, 5) is 33.0. The maximum atomic E-state index is 14.0. The van der Waals surface area contributed by atoms with Gasteiger partial charge >= 0.3 is 0 Å². The Morgan fingerprint density at radius 3 is 2.37 bits per heavy atom. The third-order valence-corrected chi connectivity index (χ3v) is 8.70. The molecule has 0 saturated carbocycles. The highest BCUT2D eigenvalue weighted by Gasteiger charge is 2.35. The minimum Gasteiger partial charge on any atom is -0.333 e. The second-order valence-corrected chi connectivity index (χ2v) is 12.4. The molecule has 2 heterocycles. The summed E-state index contributed by atoms with van der Waals surface area (Å²) >= 11 is 1.78. The molecule has 2 unspecified atom stereocenters. The average molecular weight is 531 g/mol. The number of amides is 2. The molecule has 1 aliphatic heterocycles. The summed E-state index contributed by atoms with van der Waals surface area (Å²) in [5, 5.41) is 2.14. The van der Waals surface area contributed by atoms with Crippen LogP contribution in [-0.2, 0) is 21.4 Å². The number of hydrogen-bond acceptors (Lipinski definition) is 3. The highest BCUT2D eigenvalue weighted by molar-refractivity contribution is 7.10. The lowest BCUT2D eigenvalue weighted by atomic mass is 9.85. The maximum absolute atomic E-state index is 14.0. The van der Waals surface area contributed by atoms with Crippen molar-refractivity contribution in [3.05, 3.63) is 93.2 Å². The number of rotatable bonds is 9. The molecule has 1 aliphatic rings. The Kier molecular flexibility index (Phi) is 9.09. The van der Waals surface area contributed by atoms with Gasteiger partial charge in [0.05, 0.1) is 18.5 Å². The number of hydrogen-bond donors (Lipinski definition) is 0. The van der Waals surface area contributed by atoms with Crippen molar-refractivity contribution in [1.29, 1.82) is 0 Å². The van der Waals surface area contributed by atoms with Crippen LogP contribution < -0.4 is 0 Å². The van der Waals surface area contributed by atoms with Crippen LogP contribution in [0.2, 0.25) is 0 Å². The van der Waals surface area contributed by atoms with Crippen LogP contribution in [0.5, 0.6) is 0 Å². The Morgan fingerprint density at radius 1 is 1.03 bits per heavy atom. The Morgan fingerprint density at radius 2 is 1.74 bits per heavy atom. The number of thiophene rings is 1. The van der Waals surface area contributed by atoms with Gasteiger partial charge in [0.1, 0.15) is 0 Å². The van der Waals surface area contributed by atoms with Crippen LogP contribution in [0.1, 0.15) is 93.0 Å². The molecule has 2 amide bonds. The fraction of sp³-hybridized carbons (Fsp3) is 0.455. The van der Waals surface area contributed by atoms with Gasteiger partial charge in [-0.05, 0) is 58.4 Å². The fourth-order valence-electron chi connectivity index (χ4n) is 5.44. The molecule has 5 heteroatoms. The van der Waals surface area contributed by atoms with Crippen molar-refractivity contribution in [3.63, 3.8) is 0 Å². The highest BCUT2D eigenvalue weighted by atomic mass is 32.1. The van der Waals surface area contributed by atoms with Gasteiger partial charge in [0.25, 0.3) is 0 Å². The van der Waals surface area contributed by atoms with Crippen LogP contribution in [0.15, 0.2) is 66.0 Å². The van der Waals surface area contributed by atoms with E-state index in [0.29, 0.717) is 19.5 Å². The summed E-state index contributed by atoms with van der Waals surface area (Å²) < 4.78 is 0. The summed E-state index contributed by atoms with van der Waals surface area (Å²) in [6.07, 6.45) is 3.44. The van der Waals surface area contributed by atoms with E-state index in [4.69, 9.17) is 0 Å². The summed E-state index contributed by atoms with van der Waals surface area (Å²) in [5.74, 6) is -0.148. The van der Waals surface area contributed by atoms with E-state index in [0.717, 1.165) is 30.4 Å². The third-order valence-electron chi connectivity index (χ3n) is 7.71. The second-order valence-electron chi connectivity index (χ2n) is 11.4. The average Bonchev–Trinajstić information content (AvgIpc) is 3.40. The smallest absolute Gasteiger partial charge is 0.242 e. The van der Waals surface area contributed by atoms with Gasteiger partial charge < -0.3 is 9.80 Å². The van der Waals surface area contributed by atoms with E-state index < -0.39 is 0 Å². The molecule has 0 saturated heterocycles. The lowest BCUT2D eigenvalue weighted by Crippen LogP contribution is -2.48. The van der Waals surface area contributed by atoms with E-state index in [9.17, 15) is 9.59 Å². The van der Waals surface area contributed by atoms with Crippen LogP contribution in [-0.4, -0.2) is 41.2 Å². The molecule has 0 spiro atoms. The van der Waals surface area contributed by atoms with Gasteiger partial charge in [-0.2, -0.15) is 0 Å². The lowest BCUT2D eigenvalue weighted by molar-refractivity contribution is -0.142. The summed E-state index contributed by atoms with van der Waals surface area (Å²) in [6.45, 7) is 12.2. The van der Waals surface area contributed by atoms with Crippen LogP contribution in [0.25, 0.3) is 0 Å². The van der Waals surface area contributed by atoms with Crippen LogP contribution in [0.3, 0.4) is 0 Å². The number of fused-ring (bicyclic) bond motifs is 1. The molecule has 4 nitrogen and oxygen atoms in total. The van der Waals surface area contributed by atoms with Gasteiger partial charge in [-0.25, -0.2) is 0 Å². The first-order valence-corrected chi connectivity index (χ1v) is 14.9. The van der Waals surface area contributed by atoms with E-state index in [2.05, 4.69) is 70.3 Å². The quantitative estimate of drug-likeness (QED) is 0.290. The topological polar surface area (TPSA) is 40.6 Å². The summed E-state index contributed by atoms with van der Waals surface area (Å²) in [7, 11) is 0. The molecule has 0 bridgehead atoms. The number of nitrogens with zero attached hydrogens (tertiary/aromatic N) is 2. The number of unbranched alkanes of at least 4 members (excludes halogenated alkanes) is 1. The van der Waals surface area contributed by atoms with Crippen molar-refractivity contribution >= 4 is 23.2 Å². The van der Waals surface area contributed by atoms with E-state index >= 15 is 0 Å². The molecule has 3 aromatic rings. The zero-order chi connectivity index (χ0) is 27.3. The van der Waals surface area contributed by atoms with Crippen LogP contribution >= 0.6 is 11.3 Å². The fourth-order valence-corrected chi connectivity index (χ4v) is 6.34. The number of carbonyl (C=O) groups is 2. The Labute approximate surface area is 232 Å². The van der Waals surface area contributed by atoms with Crippen LogP contribution in [0, 0.1) is 0 Å². The Balaban J connectivity index is 1.61. The molecule has 202 valence electrons. The molecular formula is C33H42N2O2S. The number of carbonyl (C=O) groups excluding carboxylic acids is 2. The molecule has 4 rings (SSSR count). The van der Waals surface area contributed by atoms with Gasteiger partial charge in [-0.3, -0.25) is 9.59 Å². The first-order chi connectivity index (χ1) is 18.2. The molecule has 0 aliphatic carbocycles. The minimum absolute atomic E-state index is 0.0270. The van der Waals surface area contributed by atoms with Crippen molar-refractivity contribution in [2.24, 2.45) is 0 Å². The van der Waals surface area contributed by atoms with Crippen molar-refractivity contribution in [2.45, 2.75) is 77.7 Å². The molecule has 1 aromatic heterocycles. The minimum atomic E-state index is -0.230. The molecule has 2 atom stereocenters. The van der Waals surface area contributed by atoms with Crippen molar-refractivity contribution in [2.75, 3.05) is 19.6 Å². The van der Waals surface area contributed by atoms with Gasteiger partial charge in [0, 0.05) is 18.0 Å². The largest absolute Gasteiger partial charge is 0.333 e. The van der Waals surface area contributed by atoms with E-state index in [1.165, 1.54) is 16.0 Å².